The van der Waals surface area contributed by atoms with Crippen molar-refractivity contribution in [3.63, 3.8) is 0 Å². The standard InChI is InChI=1S/C13H14N4O3S/c1-3-20-12(19)8-4-5-15-11(10(8)14)21-13-16-7(2)6-9(18)17-13/h4-6H,3,14H2,1-2H3,(H,16,17,18). The molecule has 2 aromatic heterocycles. The van der Waals surface area contributed by atoms with E-state index in [1.54, 1.807) is 13.8 Å². The number of ether oxygens (including phenoxy) is 1. The minimum Gasteiger partial charge on any atom is -0.462 e. The molecule has 0 aliphatic rings. The van der Waals surface area contributed by atoms with Crippen LogP contribution >= 0.6 is 11.8 Å². The fourth-order valence-electron chi connectivity index (χ4n) is 1.61. The van der Waals surface area contributed by atoms with Crippen LogP contribution < -0.4 is 11.3 Å². The first-order valence-corrected chi connectivity index (χ1v) is 7.00. The van der Waals surface area contributed by atoms with Crippen molar-refractivity contribution in [2.45, 2.75) is 24.0 Å². The fraction of sp³-hybridized carbons (Fsp3) is 0.231. The minimum absolute atomic E-state index is 0.199. The summed E-state index contributed by atoms with van der Waals surface area (Å²) in [4.78, 5) is 34.0. The van der Waals surface area contributed by atoms with Crippen LogP contribution in [0.25, 0.3) is 0 Å². The number of carbonyl (C=O) groups excluding carboxylic acids is 1. The topological polar surface area (TPSA) is 111 Å². The number of nitrogen functional groups attached to an aromatic ring is 1. The number of rotatable bonds is 4. The lowest BCUT2D eigenvalue weighted by molar-refractivity contribution is 0.0527. The van der Waals surface area contributed by atoms with Crippen LogP contribution in [-0.4, -0.2) is 27.5 Å². The maximum absolute atomic E-state index is 11.8. The van der Waals surface area contributed by atoms with E-state index in [1.807, 2.05) is 0 Å². The fourth-order valence-corrected chi connectivity index (χ4v) is 2.47. The molecule has 0 amide bonds. The molecular weight excluding hydrogens is 292 g/mol. The molecule has 0 aliphatic carbocycles. The van der Waals surface area contributed by atoms with E-state index in [9.17, 15) is 9.59 Å². The summed E-state index contributed by atoms with van der Waals surface area (Å²) in [7, 11) is 0. The Morgan fingerprint density at radius 2 is 2.29 bits per heavy atom. The van der Waals surface area contributed by atoms with Crippen LogP contribution in [0.2, 0.25) is 0 Å². The number of nitrogens with one attached hydrogen (secondary N) is 1. The molecule has 0 aliphatic heterocycles. The third-order valence-electron chi connectivity index (χ3n) is 2.49. The third-order valence-corrected chi connectivity index (χ3v) is 3.40. The zero-order valence-corrected chi connectivity index (χ0v) is 12.4. The second-order valence-corrected chi connectivity index (χ2v) is 5.07. The van der Waals surface area contributed by atoms with E-state index in [1.165, 1.54) is 18.3 Å². The van der Waals surface area contributed by atoms with Gasteiger partial charge in [-0.3, -0.25) is 4.79 Å². The Labute approximate surface area is 125 Å². The molecule has 3 N–H and O–H groups in total. The summed E-state index contributed by atoms with van der Waals surface area (Å²) in [6.45, 7) is 3.69. The number of carbonyl (C=O) groups is 1. The summed E-state index contributed by atoms with van der Waals surface area (Å²) < 4.78 is 4.92. The summed E-state index contributed by atoms with van der Waals surface area (Å²) in [6.07, 6.45) is 1.46. The second-order valence-electron chi connectivity index (χ2n) is 4.09. The Morgan fingerprint density at radius 1 is 1.52 bits per heavy atom. The highest BCUT2D eigenvalue weighted by Gasteiger charge is 2.16. The molecule has 0 bridgehead atoms. The van der Waals surface area contributed by atoms with Gasteiger partial charge in [0.25, 0.3) is 5.56 Å². The molecule has 0 atom stereocenters. The van der Waals surface area contributed by atoms with Crippen LogP contribution in [0.3, 0.4) is 0 Å². The van der Waals surface area contributed by atoms with Gasteiger partial charge in [0.2, 0.25) is 0 Å². The SMILES string of the molecule is CCOC(=O)c1ccnc(Sc2nc(C)cc(=O)[nH]2)c1N. The van der Waals surface area contributed by atoms with Crippen molar-refractivity contribution in [3.05, 3.63) is 39.9 Å². The molecule has 0 fully saturated rings. The first kappa shape index (κ1) is 15.0. The highest BCUT2D eigenvalue weighted by molar-refractivity contribution is 7.99. The molecule has 0 saturated carbocycles. The third kappa shape index (κ3) is 3.60. The van der Waals surface area contributed by atoms with Crippen molar-refractivity contribution in [1.82, 2.24) is 15.0 Å². The first-order valence-electron chi connectivity index (χ1n) is 6.18. The van der Waals surface area contributed by atoms with Crippen molar-refractivity contribution >= 4 is 23.4 Å². The summed E-state index contributed by atoms with van der Waals surface area (Å²) in [6, 6.07) is 2.87. The largest absolute Gasteiger partial charge is 0.462 e. The maximum atomic E-state index is 11.8. The Balaban J connectivity index is 2.34. The highest BCUT2D eigenvalue weighted by Crippen LogP contribution is 2.29. The highest BCUT2D eigenvalue weighted by atomic mass is 32.2. The molecule has 0 spiro atoms. The van der Waals surface area contributed by atoms with Gasteiger partial charge in [-0.15, -0.1) is 0 Å². The summed E-state index contributed by atoms with van der Waals surface area (Å²) in [5, 5.41) is 0.745. The maximum Gasteiger partial charge on any atom is 0.340 e. The number of aryl methyl sites for hydroxylation is 1. The number of nitrogens with zero attached hydrogens (tertiary/aromatic N) is 2. The zero-order chi connectivity index (χ0) is 15.4. The summed E-state index contributed by atoms with van der Waals surface area (Å²) in [5.74, 6) is -0.509. The number of aromatic nitrogens is 3. The number of esters is 1. The summed E-state index contributed by atoms with van der Waals surface area (Å²) >= 11 is 1.08. The zero-order valence-electron chi connectivity index (χ0n) is 11.5. The normalized spacial score (nSPS) is 10.4. The second kappa shape index (κ2) is 6.40. The van der Waals surface area contributed by atoms with Gasteiger partial charge in [-0.25, -0.2) is 14.8 Å². The average Bonchev–Trinajstić information content (AvgIpc) is 2.40. The van der Waals surface area contributed by atoms with Gasteiger partial charge in [0.15, 0.2) is 5.16 Å². The number of pyridine rings is 1. The van der Waals surface area contributed by atoms with Gasteiger partial charge in [0.1, 0.15) is 5.03 Å². The molecule has 0 aromatic carbocycles. The molecule has 0 radical (unpaired) electrons. The van der Waals surface area contributed by atoms with Crippen LogP contribution in [0.1, 0.15) is 23.0 Å². The summed E-state index contributed by atoms with van der Waals surface area (Å²) in [5.41, 5.74) is 6.70. The van der Waals surface area contributed by atoms with Crippen LogP contribution in [0.5, 0.6) is 0 Å². The van der Waals surface area contributed by atoms with E-state index in [2.05, 4.69) is 15.0 Å². The molecule has 21 heavy (non-hydrogen) atoms. The van der Waals surface area contributed by atoms with Crippen LogP contribution in [0, 0.1) is 6.92 Å². The minimum atomic E-state index is -0.509. The Bertz CT molecular complexity index is 730. The van der Waals surface area contributed by atoms with Crippen molar-refractivity contribution in [2.24, 2.45) is 0 Å². The number of anilines is 1. The van der Waals surface area contributed by atoms with E-state index in [0.717, 1.165) is 11.8 Å². The molecule has 110 valence electrons. The lowest BCUT2D eigenvalue weighted by Crippen LogP contribution is -2.10. The lowest BCUT2D eigenvalue weighted by atomic mass is 10.2. The molecule has 2 aromatic rings. The van der Waals surface area contributed by atoms with E-state index in [0.29, 0.717) is 15.9 Å². The van der Waals surface area contributed by atoms with Crippen molar-refractivity contribution < 1.29 is 9.53 Å². The van der Waals surface area contributed by atoms with Crippen molar-refractivity contribution in [3.8, 4) is 0 Å². The van der Waals surface area contributed by atoms with Gasteiger partial charge in [0.05, 0.1) is 17.9 Å². The smallest absolute Gasteiger partial charge is 0.340 e. The molecule has 7 nitrogen and oxygen atoms in total. The molecule has 0 unspecified atom stereocenters. The van der Waals surface area contributed by atoms with Gasteiger partial charge < -0.3 is 15.5 Å². The van der Waals surface area contributed by atoms with Crippen LogP contribution in [-0.2, 0) is 4.74 Å². The number of aromatic amines is 1. The molecule has 2 rings (SSSR count). The number of hydrogen-bond donors (Lipinski definition) is 2. The number of H-pyrrole nitrogens is 1. The Kier molecular flexibility index (Phi) is 4.59. The van der Waals surface area contributed by atoms with E-state index >= 15 is 0 Å². The van der Waals surface area contributed by atoms with Crippen molar-refractivity contribution in [1.29, 1.82) is 0 Å². The first-order chi connectivity index (χ1) is 10.0. The number of hydrogen-bond acceptors (Lipinski definition) is 7. The number of nitrogens with two attached hydrogens (primary N) is 1. The Hall–Kier alpha value is -2.35. The molecular formula is C13H14N4O3S. The predicted molar refractivity (Wildman–Crippen MR) is 78.3 cm³/mol. The van der Waals surface area contributed by atoms with E-state index in [4.69, 9.17) is 10.5 Å². The van der Waals surface area contributed by atoms with Gasteiger partial charge in [0, 0.05) is 18.0 Å². The van der Waals surface area contributed by atoms with Crippen LogP contribution in [0.15, 0.2) is 33.3 Å². The van der Waals surface area contributed by atoms with E-state index < -0.39 is 5.97 Å². The van der Waals surface area contributed by atoms with Gasteiger partial charge in [-0.05, 0) is 31.7 Å². The van der Waals surface area contributed by atoms with Gasteiger partial charge in [-0.1, -0.05) is 0 Å². The molecule has 0 saturated heterocycles. The van der Waals surface area contributed by atoms with E-state index in [-0.39, 0.29) is 23.4 Å². The quantitative estimate of drug-likeness (QED) is 0.648. The predicted octanol–water partition coefficient (Wildman–Crippen LogP) is 1.38. The molecule has 2 heterocycles. The van der Waals surface area contributed by atoms with Crippen molar-refractivity contribution in [2.75, 3.05) is 12.3 Å². The monoisotopic (exact) mass is 306 g/mol. The van der Waals surface area contributed by atoms with Gasteiger partial charge in [-0.2, -0.15) is 0 Å². The Morgan fingerprint density at radius 3 is 2.95 bits per heavy atom. The molecule has 8 heteroatoms. The van der Waals surface area contributed by atoms with Gasteiger partial charge >= 0.3 is 5.97 Å². The lowest BCUT2D eigenvalue weighted by Gasteiger charge is -2.08. The average molecular weight is 306 g/mol. The van der Waals surface area contributed by atoms with Crippen LogP contribution in [0.4, 0.5) is 5.69 Å².